The summed E-state index contributed by atoms with van der Waals surface area (Å²) in [5, 5.41) is 15.0. The highest BCUT2D eigenvalue weighted by Gasteiger charge is 2.35. The third-order valence-electron chi connectivity index (χ3n) is 3.22. The number of rotatable bonds is 12. The Kier molecular flexibility index (Phi) is 11.2. The van der Waals surface area contributed by atoms with Gasteiger partial charge in [-0.25, -0.2) is 4.57 Å². The molecule has 0 unspecified atom stereocenters. The van der Waals surface area contributed by atoms with Gasteiger partial charge < -0.3 is 25.5 Å². The summed E-state index contributed by atoms with van der Waals surface area (Å²) in [6.07, 6.45) is -1.15. The van der Waals surface area contributed by atoms with Gasteiger partial charge in [0.1, 0.15) is 6.10 Å². The van der Waals surface area contributed by atoms with Crippen LogP contribution in [0.3, 0.4) is 0 Å². The van der Waals surface area contributed by atoms with Crippen molar-refractivity contribution < 1.29 is 38.4 Å². The van der Waals surface area contributed by atoms with E-state index in [4.69, 9.17) is 9.79 Å². The zero-order chi connectivity index (χ0) is 20.4. The predicted molar refractivity (Wildman–Crippen MR) is 96.2 cm³/mol. The van der Waals surface area contributed by atoms with Gasteiger partial charge in [-0.2, -0.15) is 0 Å². The minimum Gasteiger partial charge on any atom is -0.383 e. The van der Waals surface area contributed by atoms with Crippen molar-refractivity contribution in [3.8, 4) is 0 Å². The smallest absolute Gasteiger partial charge is 0.383 e. The van der Waals surface area contributed by atoms with Crippen molar-refractivity contribution >= 4 is 36.5 Å². The molecule has 0 rings (SSSR count). The molecule has 0 fully saturated rings. The van der Waals surface area contributed by atoms with E-state index in [1.165, 1.54) is 13.8 Å². The van der Waals surface area contributed by atoms with Crippen LogP contribution in [-0.4, -0.2) is 63.4 Å². The molecule has 152 valence electrons. The van der Waals surface area contributed by atoms with Gasteiger partial charge in [0.25, 0.3) is 0 Å². The molecule has 0 saturated carbocycles. The van der Waals surface area contributed by atoms with E-state index in [9.17, 15) is 24.1 Å². The number of thioether (sulfide) groups is 1. The quantitative estimate of drug-likeness (QED) is 0.214. The predicted octanol–water partition coefficient (Wildman–Crippen LogP) is -0.225. The summed E-state index contributed by atoms with van der Waals surface area (Å²) in [7, 11) is -4.71. The molecule has 0 heterocycles. The second kappa shape index (κ2) is 11.7. The van der Waals surface area contributed by atoms with Crippen LogP contribution in [0.1, 0.15) is 33.6 Å². The minimum atomic E-state index is -4.71. The molecule has 0 aromatic carbocycles. The molecule has 10 nitrogen and oxygen atoms in total. The number of aliphatic hydroxyl groups excluding tert-OH is 1. The van der Waals surface area contributed by atoms with Gasteiger partial charge in [0.05, 0.1) is 6.61 Å². The molecule has 0 saturated heterocycles. The number of phosphoric ester groups is 1. The first-order chi connectivity index (χ1) is 11.9. The number of nitrogens with one attached hydrogen (secondary N) is 2. The average molecular weight is 414 g/mol. The molecule has 26 heavy (non-hydrogen) atoms. The molecule has 1 atom stereocenters. The van der Waals surface area contributed by atoms with Crippen molar-refractivity contribution in [1.82, 2.24) is 10.6 Å². The fraction of sp³-hybridized carbons (Fsp3) is 0.786. The summed E-state index contributed by atoms with van der Waals surface area (Å²) in [6.45, 7) is 4.37. The number of hydrogen-bond acceptors (Lipinski definition) is 7. The molecule has 2 amide bonds. The number of carbonyl (C=O) groups excluding carboxylic acids is 3. The molecule has 0 aromatic heterocycles. The van der Waals surface area contributed by atoms with E-state index in [0.717, 1.165) is 11.8 Å². The highest BCUT2D eigenvalue weighted by molar-refractivity contribution is 8.13. The molecule has 0 aliphatic carbocycles. The average Bonchev–Trinajstić information content (AvgIpc) is 2.55. The maximum Gasteiger partial charge on any atom is 0.469 e. The molecule has 0 aromatic rings. The maximum absolute atomic E-state index is 11.9. The minimum absolute atomic E-state index is 0.00966. The van der Waals surface area contributed by atoms with Crippen LogP contribution in [0, 0.1) is 5.41 Å². The molecule has 0 radical (unpaired) electrons. The Bertz CT molecular complexity index is 537. The maximum atomic E-state index is 11.9. The van der Waals surface area contributed by atoms with Crippen molar-refractivity contribution in [2.45, 2.75) is 39.7 Å². The van der Waals surface area contributed by atoms with Crippen molar-refractivity contribution in [2.75, 3.05) is 25.4 Å². The van der Waals surface area contributed by atoms with E-state index in [0.29, 0.717) is 18.7 Å². The normalized spacial score (nSPS) is 13.2. The number of hydrogen-bond donors (Lipinski definition) is 5. The Hall–Kier alpha value is -0.970. The van der Waals surface area contributed by atoms with Crippen LogP contribution in [0.25, 0.3) is 0 Å². The van der Waals surface area contributed by atoms with Crippen LogP contribution in [0.15, 0.2) is 0 Å². The molecule has 0 spiro atoms. The van der Waals surface area contributed by atoms with Gasteiger partial charge in [0, 0.05) is 37.1 Å². The Morgan fingerprint density at radius 2 is 1.81 bits per heavy atom. The number of carbonyl (C=O) groups is 3. The van der Waals surface area contributed by atoms with Crippen molar-refractivity contribution in [3.63, 3.8) is 0 Å². The van der Waals surface area contributed by atoms with Gasteiger partial charge in [-0.05, 0) is 0 Å². The molecule has 12 heteroatoms. The lowest BCUT2D eigenvalue weighted by atomic mass is 9.87. The Balaban J connectivity index is 4.10. The molecule has 5 N–H and O–H groups in total. The lowest BCUT2D eigenvalue weighted by Crippen LogP contribution is -2.46. The lowest BCUT2D eigenvalue weighted by Gasteiger charge is -2.29. The van der Waals surface area contributed by atoms with Gasteiger partial charge in [-0.1, -0.05) is 32.5 Å². The topological polar surface area (TPSA) is 162 Å². The van der Waals surface area contributed by atoms with Gasteiger partial charge in [0.15, 0.2) is 5.12 Å². The first-order valence-electron chi connectivity index (χ1n) is 7.97. The van der Waals surface area contributed by atoms with E-state index in [1.54, 1.807) is 6.92 Å². The third kappa shape index (κ3) is 11.6. The largest absolute Gasteiger partial charge is 0.469 e. The van der Waals surface area contributed by atoms with Crippen LogP contribution >= 0.6 is 19.6 Å². The molecular weight excluding hydrogens is 387 g/mol. The fourth-order valence-corrected chi connectivity index (χ4v) is 2.76. The molecule has 0 aliphatic heterocycles. The fourth-order valence-electron chi connectivity index (χ4n) is 1.63. The number of phosphoric acid groups is 1. The second-order valence-corrected chi connectivity index (χ2v) is 8.51. The van der Waals surface area contributed by atoms with Gasteiger partial charge in [0.2, 0.25) is 11.8 Å². The van der Waals surface area contributed by atoms with E-state index >= 15 is 0 Å². The van der Waals surface area contributed by atoms with Gasteiger partial charge in [-0.15, -0.1) is 0 Å². The van der Waals surface area contributed by atoms with Crippen LogP contribution in [-0.2, 0) is 23.5 Å². The number of aliphatic hydroxyl groups is 1. The zero-order valence-corrected chi connectivity index (χ0v) is 16.8. The van der Waals surface area contributed by atoms with E-state index < -0.39 is 31.9 Å². The highest BCUT2D eigenvalue weighted by atomic mass is 32.2. The van der Waals surface area contributed by atoms with E-state index in [1.807, 2.05) is 0 Å². The highest BCUT2D eigenvalue weighted by Crippen LogP contribution is 2.38. The Labute approximate surface area is 156 Å². The molecule has 0 bridgehead atoms. The summed E-state index contributed by atoms with van der Waals surface area (Å²) >= 11 is 1.14. The molecular formula is C14H27N2O8PS. The monoisotopic (exact) mass is 414 g/mol. The van der Waals surface area contributed by atoms with E-state index in [-0.39, 0.29) is 24.0 Å². The Morgan fingerprint density at radius 1 is 1.19 bits per heavy atom. The first kappa shape index (κ1) is 25.0. The van der Waals surface area contributed by atoms with Crippen LogP contribution in [0.4, 0.5) is 0 Å². The lowest BCUT2D eigenvalue weighted by molar-refractivity contribution is -0.137. The summed E-state index contributed by atoms with van der Waals surface area (Å²) in [5.74, 6) is -0.619. The standard InChI is InChI=1S/C14H27N2O8PS/c1-4-11(18)26-8-7-15-10(17)5-6-16-13(20)12(19)14(2,3)9-24-25(21,22)23/h12,19H,4-9H2,1-3H3,(H,15,17)(H,16,20)(H2,21,22,23)/t12-/m0/s1. The molecule has 0 aliphatic rings. The summed E-state index contributed by atoms with van der Waals surface area (Å²) in [6, 6.07) is 0. The van der Waals surface area contributed by atoms with Crippen molar-refractivity contribution in [2.24, 2.45) is 5.41 Å². The summed E-state index contributed by atoms with van der Waals surface area (Å²) in [5.41, 5.74) is -1.24. The summed E-state index contributed by atoms with van der Waals surface area (Å²) < 4.78 is 15.0. The summed E-state index contributed by atoms with van der Waals surface area (Å²) in [4.78, 5) is 51.9. The van der Waals surface area contributed by atoms with Crippen molar-refractivity contribution in [3.05, 3.63) is 0 Å². The van der Waals surface area contributed by atoms with Crippen LogP contribution < -0.4 is 10.6 Å². The van der Waals surface area contributed by atoms with Crippen LogP contribution in [0.5, 0.6) is 0 Å². The van der Waals surface area contributed by atoms with Gasteiger partial charge in [-0.3, -0.25) is 18.9 Å². The van der Waals surface area contributed by atoms with E-state index in [2.05, 4.69) is 15.2 Å². The first-order valence-corrected chi connectivity index (χ1v) is 10.5. The SMILES string of the molecule is CCC(=O)SCCNC(=O)CCNC(=O)[C@H](O)C(C)(C)COP(=O)(O)O. The van der Waals surface area contributed by atoms with Crippen molar-refractivity contribution in [1.29, 1.82) is 0 Å². The van der Waals surface area contributed by atoms with Crippen LogP contribution in [0.2, 0.25) is 0 Å². The zero-order valence-electron chi connectivity index (χ0n) is 15.1. The Morgan fingerprint density at radius 3 is 2.35 bits per heavy atom. The third-order valence-corrected chi connectivity index (χ3v) is 4.70. The number of amides is 2. The second-order valence-electron chi connectivity index (χ2n) is 6.12. The van der Waals surface area contributed by atoms with Gasteiger partial charge >= 0.3 is 7.82 Å².